The minimum absolute atomic E-state index is 0.0794. The second kappa shape index (κ2) is 6.16. The van der Waals surface area contributed by atoms with Crippen LogP contribution in [0, 0.1) is 0 Å². The van der Waals surface area contributed by atoms with Crippen molar-refractivity contribution in [2.75, 3.05) is 31.6 Å². The van der Waals surface area contributed by atoms with Crippen LogP contribution in [0.3, 0.4) is 0 Å². The largest absolute Gasteiger partial charge is 0.392 e. The molecule has 0 aromatic carbocycles. The predicted octanol–water partition coefficient (Wildman–Crippen LogP) is 1.49. The molecule has 0 spiro atoms. The fourth-order valence-corrected chi connectivity index (χ4v) is 2.69. The van der Waals surface area contributed by atoms with Gasteiger partial charge in [0, 0.05) is 37.9 Å². The van der Waals surface area contributed by atoms with Crippen LogP contribution >= 0.6 is 0 Å². The Morgan fingerprint density at radius 3 is 2.78 bits per heavy atom. The molecule has 100 valence electrons. The Hall–Kier alpha value is -1.13. The third-order valence-corrected chi connectivity index (χ3v) is 3.99. The highest BCUT2D eigenvalue weighted by molar-refractivity contribution is 5.51. The van der Waals surface area contributed by atoms with Crippen LogP contribution in [0.15, 0.2) is 18.5 Å². The number of hydrogen-bond acceptors (Lipinski definition) is 4. The second-order valence-electron chi connectivity index (χ2n) is 4.94. The third-order valence-electron chi connectivity index (χ3n) is 3.99. The van der Waals surface area contributed by atoms with Crippen molar-refractivity contribution in [2.45, 2.75) is 32.4 Å². The maximum absolute atomic E-state index is 9.38. The number of rotatable bonds is 4. The van der Waals surface area contributed by atoms with E-state index in [1.807, 2.05) is 12.3 Å². The molecule has 4 heteroatoms. The van der Waals surface area contributed by atoms with E-state index in [9.17, 15) is 5.11 Å². The van der Waals surface area contributed by atoms with Gasteiger partial charge in [-0.15, -0.1) is 0 Å². The van der Waals surface area contributed by atoms with Gasteiger partial charge in [0.25, 0.3) is 0 Å². The maximum Gasteiger partial charge on any atom is 0.0703 e. The van der Waals surface area contributed by atoms with Gasteiger partial charge >= 0.3 is 0 Å². The normalized spacial score (nSPS) is 17.9. The van der Waals surface area contributed by atoms with Gasteiger partial charge in [0.2, 0.25) is 0 Å². The Morgan fingerprint density at radius 2 is 2.17 bits per heavy atom. The van der Waals surface area contributed by atoms with Gasteiger partial charge in [-0.25, -0.2) is 0 Å². The quantitative estimate of drug-likeness (QED) is 0.877. The smallest absolute Gasteiger partial charge is 0.0703 e. The summed E-state index contributed by atoms with van der Waals surface area (Å²) >= 11 is 0. The van der Waals surface area contributed by atoms with E-state index in [4.69, 9.17) is 0 Å². The minimum Gasteiger partial charge on any atom is -0.392 e. The van der Waals surface area contributed by atoms with Crippen LogP contribution in [0.2, 0.25) is 0 Å². The molecule has 2 rings (SSSR count). The Morgan fingerprint density at radius 1 is 1.44 bits per heavy atom. The van der Waals surface area contributed by atoms with E-state index in [-0.39, 0.29) is 6.61 Å². The lowest BCUT2D eigenvalue weighted by Crippen LogP contribution is -2.43. The number of nitrogens with zero attached hydrogens (tertiary/aromatic N) is 3. The molecule has 1 aromatic rings. The molecule has 0 amide bonds. The molecule has 0 unspecified atom stereocenters. The minimum atomic E-state index is 0.0794. The van der Waals surface area contributed by atoms with Crippen LogP contribution in [-0.4, -0.2) is 47.7 Å². The number of hydrogen-bond donors (Lipinski definition) is 1. The van der Waals surface area contributed by atoms with Gasteiger partial charge in [-0.3, -0.25) is 4.98 Å². The van der Waals surface area contributed by atoms with Gasteiger partial charge < -0.3 is 14.9 Å². The number of piperidine rings is 1. The monoisotopic (exact) mass is 249 g/mol. The van der Waals surface area contributed by atoms with Crippen LogP contribution < -0.4 is 4.90 Å². The highest BCUT2D eigenvalue weighted by atomic mass is 16.3. The van der Waals surface area contributed by atoms with Crippen LogP contribution in [0.25, 0.3) is 0 Å². The number of aromatic nitrogens is 1. The van der Waals surface area contributed by atoms with Crippen molar-refractivity contribution in [3.8, 4) is 0 Å². The number of anilines is 1. The Labute approximate surface area is 109 Å². The van der Waals surface area contributed by atoms with E-state index in [1.54, 1.807) is 6.20 Å². The molecular formula is C14H23N3O. The zero-order valence-electron chi connectivity index (χ0n) is 11.3. The topological polar surface area (TPSA) is 39.6 Å². The zero-order valence-corrected chi connectivity index (χ0v) is 11.3. The van der Waals surface area contributed by atoms with Crippen LogP contribution in [0.4, 0.5) is 5.69 Å². The molecule has 1 aromatic heterocycles. The highest BCUT2D eigenvalue weighted by Crippen LogP contribution is 2.24. The summed E-state index contributed by atoms with van der Waals surface area (Å²) in [7, 11) is 2.11. The standard InChI is InChI=1S/C14H23N3O/c1-3-17-8-5-13(6-9-17)16(2)14-10-15-7-4-12(14)11-18/h4,7,10,13,18H,3,5-6,8-9,11H2,1-2H3. The molecule has 0 saturated carbocycles. The fraction of sp³-hybridized carbons (Fsp3) is 0.643. The van der Waals surface area contributed by atoms with E-state index in [1.165, 1.54) is 25.9 Å². The van der Waals surface area contributed by atoms with Crippen molar-refractivity contribution < 1.29 is 5.11 Å². The number of aliphatic hydroxyl groups excluding tert-OH is 1. The first-order chi connectivity index (χ1) is 8.76. The molecule has 18 heavy (non-hydrogen) atoms. The van der Waals surface area contributed by atoms with E-state index in [2.05, 4.69) is 28.8 Å². The van der Waals surface area contributed by atoms with Gasteiger partial charge in [-0.1, -0.05) is 6.92 Å². The molecule has 1 aliphatic rings. The van der Waals surface area contributed by atoms with Gasteiger partial charge in [0.05, 0.1) is 18.5 Å². The third kappa shape index (κ3) is 2.82. The molecule has 1 aliphatic heterocycles. The van der Waals surface area contributed by atoms with Crippen molar-refractivity contribution in [2.24, 2.45) is 0 Å². The second-order valence-corrected chi connectivity index (χ2v) is 4.94. The lowest BCUT2D eigenvalue weighted by atomic mass is 10.0. The molecule has 4 nitrogen and oxygen atoms in total. The fourth-order valence-electron chi connectivity index (χ4n) is 2.69. The SMILES string of the molecule is CCN1CCC(N(C)c2cnccc2CO)CC1. The zero-order chi connectivity index (χ0) is 13.0. The molecule has 0 atom stereocenters. The number of pyridine rings is 1. The summed E-state index contributed by atoms with van der Waals surface area (Å²) < 4.78 is 0. The molecule has 1 N–H and O–H groups in total. The predicted molar refractivity (Wildman–Crippen MR) is 73.7 cm³/mol. The average molecular weight is 249 g/mol. The molecule has 0 bridgehead atoms. The first-order valence-corrected chi connectivity index (χ1v) is 6.75. The lowest BCUT2D eigenvalue weighted by Gasteiger charge is -2.37. The molecule has 2 heterocycles. The summed E-state index contributed by atoms with van der Waals surface area (Å²) in [5, 5.41) is 9.38. The summed E-state index contributed by atoms with van der Waals surface area (Å²) in [6.45, 7) is 5.77. The van der Waals surface area contributed by atoms with Gasteiger partial charge in [0.15, 0.2) is 0 Å². The average Bonchev–Trinajstić information content (AvgIpc) is 2.46. The van der Waals surface area contributed by atoms with Gasteiger partial charge in [0.1, 0.15) is 0 Å². The van der Waals surface area contributed by atoms with Crippen LogP contribution in [0.5, 0.6) is 0 Å². The van der Waals surface area contributed by atoms with Crippen molar-refractivity contribution >= 4 is 5.69 Å². The first kappa shape index (κ1) is 13.3. The van der Waals surface area contributed by atoms with Gasteiger partial charge in [-0.2, -0.15) is 0 Å². The molecule has 1 fully saturated rings. The van der Waals surface area contributed by atoms with Crippen molar-refractivity contribution in [3.63, 3.8) is 0 Å². The van der Waals surface area contributed by atoms with E-state index < -0.39 is 0 Å². The summed E-state index contributed by atoms with van der Waals surface area (Å²) in [6, 6.07) is 2.45. The first-order valence-electron chi connectivity index (χ1n) is 6.75. The molecule has 0 radical (unpaired) electrons. The lowest BCUT2D eigenvalue weighted by molar-refractivity contribution is 0.220. The highest BCUT2D eigenvalue weighted by Gasteiger charge is 2.22. The Bertz CT molecular complexity index is 375. The molecule has 0 aliphatic carbocycles. The summed E-state index contributed by atoms with van der Waals surface area (Å²) in [5.41, 5.74) is 2.03. The Balaban J connectivity index is 2.05. The number of aliphatic hydroxyl groups is 1. The summed E-state index contributed by atoms with van der Waals surface area (Å²) in [6.07, 6.45) is 5.97. The van der Waals surface area contributed by atoms with Gasteiger partial charge in [-0.05, 0) is 25.5 Å². The van der Waals surface area contributed by atoms with E-state index in [0.29, 0.717) is 6.04 Å². The van der Waals surface area contributed by atoms with Crippen molar-refractivity contribution in [3.05, 3.63) is 24.0 Å². The molecular weight excluding hydrogens is 226 g/mol. The van der Waals surface area contributed by atoms with Crippen molar-refractivity contribution in [1.82, 2.24) is 9.88 Å². The van der Waals surface area contributed by atoms with E-state index >= 15 is 0 Å². The summed E-state index contributed by atoms with van der Waals surface area (Å²) in [5.74, 6) is 0. The maximum atomic E-state index is 9.38. The van der Waals surface area contributed by atoms with E-state index in [0.717, 1.165) is 17.8 Å². The number of likely N-dealkylation sites (tertiary alicyclic amines) is 1. The van der Waals surface area contributed by atoms with Crippen molar-refractivity contribution in [1.29, 1.82) is 0 Å². The molecule has 1 saturated heterocycles. The van der Waals surface area contributed by atoms with Crippen LogP contribution in [-0.2, 0) is 6.61 Å². The summed E-state index contributed by atoms with van der Waals surface area (Å²) in [4.78, 5) is 8.95. The van der Waals surface area contributed by atoms with Crippen LogP contribution in [0.1, 0.15) is 25.3 Å². The Kier molecular flexibility index (Phi) is 4.55.